The lowest BCUT2D eigenvalue weighted by Crippen LogP contribution is -2.38. The van der Waals surface area contributed by atoms with Crippen LogP contribution in [0.5, 0.6) is 0 Å². The summed E-state index contributed by atoms with van der Waals surface area (Å²) in [7, 11) is 0. The summed E-state index contributed by atoms with van der Waals surface area (Å²) in [6, 6.07) is 16.0. The molecular formula is C25H25ClN4OS. The van der Waals surface area contributed by atoms with Crippen molar-refractivity contribution < 1.29 is 4.79 Å². The largest absolute Gasteiger partial charge is 0.351 e. The number of carbonyl (C=O) groups is 1. The average Bonchev–Trinajstić information content (AvgIpc) is 3.47. The van der Waals surface area contributed by atoms with Gasteiger partial charge in [0.25, 0.3) is 5.91 Å². The molecule has 4 aromatic rings. The van der Waals surface area contributed by atoms with Gasteiger partial charge in [0, 0.05) is 42.1 Å². The minimum Gasteiger partial charge on any atom is -0.351 e. The van der Waals surface area contributed by atoms with Crippen molar-refractivity contribution in [3.05, 3.63) is 82.6 Å². The topological polar surface area (TPSA) is 50.2 Å². The summed E-state index contributed by atoms with van der Waals surface area (Å²) in [6.07, 6.45) is 7.90. The van der Waals surface area contributed by atoms with E-state index < -0.39 is 0 Å². The summed E-state index contributed by atoms with van der Waals surface area (Å²) in [5.41, 5.74) is 2.20. The molecule has 7 heteroatoms. The number of amides is 1. The Labute approximate surface area is 196 Å². The maximum absolute atomic E-state index is 13.1. The van der Waals surface area contributed by atoms with E-state index in [1.165, 1.54) is 16.9 Å². The second kappa shape index (κ2) is 9.45. The van der Waals surface area contributed by atoms with E-state index in [1.54, 1.807) is 6.20 Å². The molecule has 1 fully saturated rings. The number of rotatable bonds is 6. The Balaban J connectivity index is 1.20. The van der Waals surface area contributed by atoms with Crippen LogP contribution in [0.1, 0.15) is 28.1 Å². The number of carbonyl (C=O) groups excluding carboxylic acids is 1. The smallest absolute Gasteiger partial charge is 0.263 e. The molecule has 4 heterocycles. The molecule has 0 spiro atoms. The second-order valence-electron chi connectivity index (χ2n) is 8.28. The maximum atomic E-state index is 13.1. The number of nitrogens with one attached hydrogen (secondary N) is 1. The quantitative estimate of drug-likeness (QED) is 0.416. The standard InChI is InChI=1S/C25H25ClN4OS/c26-20-7-5-19(6-8-20)17-29-14-9-18(10-15-29)16-28-24(31)23-22(30-12-1-2-13-30)21-4-3-11-27-25(21)32-23/h1-8,11-13,18H,9-10,14-17H2,(H,28,31). The molecule has 0 saturated carbocycles. The number of pyridine rings is 1. The second-order valence-corrected chi connectivity index (χ2v) is 9.72. The number of hydrogen-bond donors (Lipinski definition) is 1. The van der Waals surface area contributed by atoms with Gasteiger partial charge in [-0.05, 0) is 73.8 Å². The molecule has 1 N–H and O–H groups in total. The van der Waals surface area contributed by atoms with E-state index in [0.29, 0.717) is 12.5 Å². The van der Waals surface area contributed by atoms with Gasteiger partial charge in [-0.25, -0.2) is 4.98 Å². The molecule has 0 bridgehead atoms. The summed E-state index contributed by atoms with van der Waals surface area (Å²) >= 11 is 7.45. The molecule has 32 heavy (non-hydrogen) atoms. The van der Waals surface area contributed by atoms with Crippen LogP contribution in [0.25, 0.3) is 15.9 Å². The number of thiophene rings is 1. The summed E-state index contributed by atoms with van der Waals surface area (Å²) in [5, 5.41) is 4.98. The Bertz CT molecular complexity index is 1190. The fourth-order valence-electron chi connectivity index (χ4n) is 4.33. The van der Waals surface area contributed by atoms with Crippen LogP contribution in [0.15, 0.2) is 67.1 Å². The predicted molar refractivity (Wildman–Crippen MR) is 131 cm³/mol. The number of benzene rings is 1. The molecule has 3 aromatic heterocycles. The van der Waals surface area contributed by atoms with Crippen molar-refractivity contribution in [3.63, 3.8) is 0 Å². The minimum absolute atomic E-state index is 0.0136. The first-order chi connectivity index (χ1) is 15.7. The van der Waals surface area contributed by atoms with Crippen LogP contribution >= 0.6 is 22.9 Å². The third kappa shape index (κ3) is 4.58. The van der Waals surface area contributed by atoms with Crippen LogP contribution in [-0.2, 0) is 6.54 Å². The number of aromatic nitrogens is 2. The van der Waals surface area contributed by atoms with E-state index in [0.717, 1.165) is 58.3 Å². The minimum atomic E-state index is -0.0136. The Kier molecular flexibility index (Phi) is 6.26. The lowest BCUT2D eigenvalue weighted by molar-refractivity contribution is 0.0939. The highest BCUT2D eigenvalue weighted by atomic mass is 35.5. The zero-order valence-electron chi connectivity index (χ0n) is 17.7. The molecule has 1 aliphatic heterocycles. The van der Waals surface area contributed by atoms with Crippen LogP contribution in [0.3, 0.4) is 0 Å². The third-order valence-electron chi connectivity index (χ3n) is 6.09. The maximum Gasteiger partial charge on any atom is 0.263 e. The number of fused-ring (bicyclic) bond motifs is 1. The highest BCUT2D eigenvalue weighted by Crippen LogP contribution is 2.33. The summed E-state index contributed by atoms with van der Waals surface area (Å²) in [5.74, 6) is 0.489. The molecule has 1 aliphatic rings. The highest BCUT2D eigenvalue weighted by molar-refractivity contribution is 7.21. The Morgan fingerprint density at radius 3 is 2.59 bits per heavy atom. The van der Waals surface area contributed by atoms with Gasteiger partial charge in [-0.2, -0.15) is 0 Å². The molecule has 1 amide bonds. The SMILES string of the molecule is O=C(NCC1CCN(Cc2ccc(Cl)cc2)CC1)c1sc2ncccc2c1-n1cccc1. The zero-order chi connectivity index (χ0) is 21.9. The lowest BCUT2D eigenvalue weighted by atomic mass is 9.96. The van der Waals surface area contributed by atoms with Crippen molar-refractivity contribution in [2.24, 2.45) is 5.92 Å². The fourth-order valence-corrected chi connectivity index (χ4v) is 5.51. The van der Waals surface area contributed by atoms with Gasteiger partial charge < -0.3 is 9.88 Å². The Morgan fingerprint density at radius 2 is 1.84 bits per heavy atom. The van der Waals surface area contributed by atoms with E-state index in [9.17, 15) is 4.79 Å². The summed E-state index contributed by atoms with van der Waals surface area (Å²) in [4.78, 5) is 21.7. The van der Waals surface area contributed by atoms with Crippen LogP contribution < -0.4 is 5.32 Å². The lowest BCUT2D eigenvalue weighted by Gasteiger charge is -2.32. The van der Waals surface area contributed by atoms with Gasteiger partial charge >= 0.3 is 0 Å². The van der Waals surface area contributed by atoms with E-state index in [4.69, 9.17) is 11.6 Å². The van der Waals surface area contributed by atoms with E-state index >= 15 is 0 Å². The Morgan fingerprint density at radius 1 is 1.09 bits per heavy atom. The van der Waals surface area contributed by atoms with Crippen molar-refractivity contribution in [2.75, 3.05) is 19.6 Å². The number of hydrogen-bond acceptors (Lipinski definition) is 4. The van der Waals surface area contributed by atoms with Gasteiger partial charge in [-0.15, -0.1) is 11.3 Å². The van der Waals surface area contributed by atoms with Gasteiger partial charge in [0.1, 0.15) is 9.71 Å². The molecule has 0 radical (unpaired) electrons. The van der Waals surface area contributed by atoms with Gasteiger partial charge in [-0.3, -0.25) is 9.69 Å². The average molecular weight is 465 g/mol. The molecular weight excluding hydrogens is 440 g/mol. The number of likely N-dealkylation sites (tertiary alicyclic amines) is 1. The normalized spacial score (nSPS) is 15.3. The zero-order valence-corrected chi connectivity index (χ0v) is 19.3. The summed E-state index contributed by atoms with van der Waals surface area (Å²) in [6.45, 7) is 3.75. The Hall–Kier alpha value is -2.67. The monoisotopic (exact) mass is 464 g/mol. The first-order valence-corrected chi connectivity index (χ1v) is 12.1. The first-order valence-electron chi connectivity index (χ1n) is 10.9. The van der Waals surface area contributed by atoms with E-state index in [1.807, 2.05) is 53.4 Å². The third-order valence-corrected chi connectivity index (χ3v) is 7.44. The number of halogens is 1. The van der Waals surface area contributed by atoms with Crippen molar-refractivity contribution >= 4 is 39.1 Å². The molecule has 5 rings (SSSR count). The molecule has 0 unspecified atom stereocenters. The van der Waals surface area contributed by atoms with Crippen molar-refractivity contribution in [2.45, 2.75) is 19.4 Å². The van der Waals surface area contributed by atoms with E-state index in [2.05, 4.69) is 27.3 Å². The van der Waals surface area contributed by atoms with Gasteiger partial charge in [0.05, 0.1) is 5.69 Å². The first kappa shape index (κ1) is 21.2. The highest BCUT2D eigenvalue weighted by Gasteiger charge is 2.23. The van der Waals surface area contributed by atoms with Crippen molar-refractivity contribution in [1.82, 2.24) is 19.8 Å². The molecule has 164 valence electrons. The number of piperidine rings is 1. The molecule has 0 atom stereocenters. The van der Waals surface area contributed by atoms with Crippen LogP contribution in [0.2, 0.25) is 5.02 Å². The molecule has 1 saturated heterocycles. The predicted octanol–water partition coefficient (Wildman–Crippen LogP) is 5.38. The number of nitrogens with zero attached hydrogens (tertiary/aromatic N) is 3. The molecule has 1 aromatic carbocycles. The van der Waals surface area contributed by atoms with Crippen molar-refractivity contribution in [3.8, 4) is 5.69 Å². The molecule has 0 aliphatic carbocycles. The fraction of sp³-hybridized carbons (Fsp3) is 0.280. The summed E-state index contributed by atoms with van der Waals surface area (Å²) < 4.78 is 2.00. The van der Waals surface area contributed by atoms with Crippen LogP contribution in [-0.4, -0.2) is 40.0 Å². The van der Waals surface area contributed by atoms with Crippen molar-refractivity contribution in [1.29, 1.82) is 0 Å². The van der Waals surface area contributed by atoms with Gasteiger partial charge in [-0.1, -0.05) is 23.7 Å². The van der Waals surface area contributed by atoms with Crippen LogP contribution in [0, 0.1) is 5.92 Å². The van der Waals surface area contributed by atoms with Crippen LogP contribution in [0.4, 0.5) is 0 Å². The van der Waals surface area contributed by atoms with Gasteiger partial charge in [0.15, 0.2) is 0 Å². The molecule has 5 nitrogen and oxygen atoms in total. The van der Waals surface area contributed by atoms with E-state index in [-0.39, 0.29) is 5.91 Å². The van der Waals surface area contributed by atoms with Gasteiger partial charge in [0.2, 0.25) is 0 Å².